The predicted octanol–water partition coefficient (Wildman–Crippen LogP) is 1.13. The molecule has 0 unspecified atom stereocenters. The highest BCUT2D eigenvalue weighted by Crippen LogP contribution is 2.05. The van der Waals surface area contributed by atoms with Crippen LogP contribution < -0.4 is 5.73 Å². The summed E-state index contributed by atoms with van der Waals surface area (Å²) in [6.45, 7) is 1.31. The standard InChI is InChI=1S/C11H15FN2O/c1-14(7-6-11(13)15)8-9-2-4-10(12)5-3-9/h2-5H,6-8H2,1H3,(H2,13,15). The summed E-state index contributed by atoms with van der Waals surface area (Å²) < 4.78 is 12.6. The molecule has 1 rings (SSSR count). The molecule has 3 nitrogen and oxygen atoms in total. The van der Waals surface area contributed by atoms with Crippen molar-refractivity contribution < 1.29 is 9.18 Å². The second-order valence-electron chi connectivity index (χ2n) is 3.58. The van der Waals surface area contributed by atoms with Gasteiger partial charge in [0.25, 0.3) is 0 Å². The highest BCUT2D eigenvalue weighted by Gasteiger charge is 2.02. The Morgan fingerprint density at radius 1 is 1.40 bits per heavy atom. The third-order valence-electron chi connectivity index (χ3n) is 2.11. The first-order valence-corrected chi connectivity index (χ1v) is 4.79. The summed E-state index contributed by atoms with van der Waals surface area (Å²) in [5, 5.41) is 0. The Morgan fingerprint density at radius 3 is 2.53 bits per heavy atom. The van der Waals surface area contributed by atoms with Gasteiger partial charge in [0.15, 0.2) is 0 Å². The fraction of sp³-hybridized carbons (Fsp3) is 0.364. The highest BCUT2D eigenvalue weighted by molar-refractivity contribution is 5.73. The second-order valence-corrected chi connectivity index (χ2v) is 3.58. The zero-order valence-corrected chi connectivity index (χ0v) is 8.74. The lowest BCUT2D eigenvalue weighted by atomic mass is 10.2. The van der Waals surface area contributed by atoms with Gasteiger partial charge in [0.05, 0.1) is 0 Å². The van der Waals surface area contributed by atoms with Gasteiger partial charge in [-0.25, -0.2) is 4.39 Å². The van der Waals surface area contributed by atoms with E-state index in [4.69, 9.17) is 5.73 Å². The molecular weight excluding hydrogens is 195 g/mol. The number of carbonyl (C=O) groups excluding carboxylic acids is 1. The Hall–Kier alpha value is -1.42. The lowest BCUT2D eigenvalue weighted by molar-refractivity contribution is -0.118. The minimum atomic E-state index is -0.305. The Labute approximate surface area is 88.7 Å². The molecular formula is C11H15FN2O. The molecule has 1 amide bonds. The van der Waals surface area contributed by atoms with E-state index in [1.54, 1.807) is 12.1 Å². The zero-order chi connectivity index (χ0) is 11.3. The molecule has 0 aliphatic rings. The van der Waals surface area contributed by atoms with Crippen LogP contribution in [0.1, 0.15) is 12.0 Å². The Bertz CT molecular complexity index is 324. The van der Waals surface area contributed by atoms with Gasteiger partial charge in [-0.2, -0.15) is 0 Å². The molecule has 2 N–H and O–H groups in total. The van der Waals surface area contributed by atoms with E-state index in [9.17, 15) is 9.18 Å². The van der Waals surface area contributed by atoms with Gasteiger partial charge in [-0.3, -0.25) is 4.79 Å². The van der Waals surface area contributed by atoms with Crippen molar-refractivity contribution in [1.82, 2.24) is 4.90 Å². The first-order chi connectivity index (χ1) is 7.08. The van der Waals surface area contributed by atoms with E-state index in [1.807, 2.05) is 11.9 Å². The van der Waals surface area contributed by atoms with Gasteiger partial charge in [-0.1, -0.05) is 12.1 Å². The molecule has 1 aromatic rings. The number of rotatable bonds is 5. The number of carbonyl (C=O) groups is 1. The molecule has 0 atom stereocenters. The molecule has 0 bridgehead atoms. The van der Waals surface area contributed by atoms with Crippen molar-refractivity contribution >= 4 is 5.91 Å². The van der Waals surface area contributed by atoms with Gasteiger partial charge in [0.2, 0.25) is 5.91 Å². The maximum Gasteiger partial charge on any atom is 0.218 e. The molecule has 0 saturated heterocycles. The number of halogens is 1. The van der Waals surface area contributed by atoms with Crippen molar-refractivity contribution in [3.05, 3.63) is 35.6 Å². The summed E-state index contributed by atoms with van der Waals surface area (Å²) in [5.74, 6) is -0.542. The third-order valence-corrected chi connectivity index (χ3v) is 2.11. The van der Waals surface area contributed by atoms with Crippen LogP contribution in [-0.4, -0.2) is 24.4 Å². The topological polar surface area (TPSA) is 46.3 Å². The fourth-order valence-electron chi connectivity index (χ4n) is 1.28. The summed E-state index contributed by atoms with van der Waals surface area (Å²) in [7, 11) is 1.90. The van der Waals surface area contributed by atoms with E-state index in [2.05, 4.69) is 0 Å². The van der Waals surface area contributed by atoms with E-state index in [-0.39, 0.29) is 11.7 Å². The minimum Gasteiger partial charge on any atom is -0.370 e. The first kappa shape index (κ1) is 11.7. The van der Waals surface area contributed by atoms with Gasteiger partial charge in [-0.05, 0) is 24.7 Å². The van der Waals surface area contributed by atoms with Gasteiger partial charge in [0.1, 0.15) is 5.82 Å². The van der Waals surface area contributed by atoms with Crippen LogP contribution >= 0.6 is 0 Å². The van der Waals surface area contributed by atoms with Crippen LogP contribution in [0.25, 0.3) is 0 Å². The smallest absolute Gasteiger partial charge is 0.218 e. The summed E-state index contributed by atoms with van der Waals surface area (Å²) >= 11 is 0. The summed E-state index contributed by atoms with van der Waals surface area (Å²) in [6, 6.07) is 6.32. The number of amides is 1. The summed E-state index contributed by atoms with van der Waals surface area (Å²) in [6.07, 6.45) is 0.345. The maximum atomic E-state index is 12.6. The first-order valence-electron chi connectivity index (χ1n) is 4.79. The zero-order valence-electron chi connectivity index (χ0n) is 8.74. The second kappa shape index (κ2) is 5.46. The van der Waals surface area contributed by atoms with Crippen molar-refractivity contribution in [2.24, 2.45) is 5.73 Å². The normalized spacial score (nSPS) is 10.6. The molecule has 82 valence electrons. The molecule has 0 fully saturated rings. The van der Waals surface area contributed by atoms with E-state index in [0.717, 1.165) is 5.56 Å². The molecule has 0 aliphatic carbocycles. The van der Waals surface area contributed by atoms with Gasteiger partial charge in [0, 0.05) is 19.5 Å². The molecule has 1 aromatic carbocycles. The monoisotopic (exact) mass is 210 g/mol. The van der Waals surface area contributed by atoms with Crippen molar-refractivity contribution in [2.45, 2.75) is 13.0 Å². The van der Waals surface area contributed by atoms with Crippen LogP contribution in [0, 0.1) is 5.82 Å². The van der Waals surface area contributed by atoms with E-state index >= 15 is 0 Å². The van der Waals surface area contributed by atoms with Crippen molar-refractivity contribution in [3.8, 4) is 0 Å². The van der Waals surface area contributed by atoms with Crippen molar-refractivity contribution in [2.75, 3.05) is 13.6 Å². The minimum absolute atomic E-state index is 0.237. The maximum absolute atomic E-state index is 12.6. The molecule has 0 aliphatic heterocycles. The molecule has 0 saturated carbocycles. The SMILES string of the molecule is CN(CCC(N)=O)Cc1ccc(F)cc1. The van der Waals surface area contributed by atoms with Crippen molar-refractivity contribution in [1.29, 1.82) is 0 Å². The Morgan fingerprint density at radius 2 is 2.00 bits per heavy atom. The lowest BCUT2D eigenvalue weighted by Crippen LogP contribution is -2.24. The predicted molar refractivity (Wildman–Crippen MR) is 56.5 cm³/mol. The number of nitrogens with two attached hydrogens (primary N) is 1. The number of primary amides is 1. The number of hydrogen-bond acceptors (Lipinski definition) is 2. The Kier molecular flexibility index (Phi) is 4.24. The van der Waals surface area contributed by atoms with Gasteiger partial charge < -0.3 is 10.6 Å². The van der Waals surface area contributed by atoms with E-state index in [1.165, 1.54) is 12.1 Å². The third kappa shape index (κ3) is 4.56. The van der Waals surface area contributed by atoms with Crippen LogP contribution in [0.4, 0.5) is 4.39 Å². The van der Waals surface area contributed by atoms with Crippen molar-refractivity contribution in [3.63, 3.8) is 0 Å². The van der Waals surface area contributed by atoms with Crippen LogP contribution in [0.15, 0.2) is 24.3 Å². The summed E-state index contributed by atoms with van der Waals surface area (Å²) in [5.41, 5.74) is 6.06. The number of benzene rings is 1. The largest absolute Gasteiger partial charge is 0.370 e. The number of hydrogen-bond donors (Lipinski definition) is 1. The van der Waals surface area contributed by atoms with Gasteiger partial charge in [-0.15, -0.1) is 0 Å². The van der Waals surface area contributed by atoms with Crippen LogP contribution in [-0.2, 0) is 11.3 Å². The van der Waals surface area contributed by atoms with E-state index in [0.29, 0.717) is 19.5 Å². The average Bonchev–Trinajstić information content (AvgIpc) is 2.19. The molecule has 0 aromatic heterocycles. The molecule has 0 radical (unpaired) electrons. The molecule has 0 spiro atoms. The summed E-state index contributed by atoms with van der Waals surface area (Å²) in [4.78, 5) is 12.5. The Balaban J connectivity index is 2.40. The van der Waals surface area contributed by atoms with Gasteiger partial charge >= 0.3 is 0 Å². The van der Waals surface area contributed by atoms with Crippen LogP contribution in [0.3, 0.4) is 0 Å². The average molecular weight is 210 g/mol. The quantitative estimate of drug-likeness (QED) is 0.792. The molecule has 15 heavy (non-hydrogen) atoms. The number of nitrogens with zero attached hydrogens (tertiary/aromatic N) is 1. The molecule has 0 heterocycles. The lowest BCUT2D eigenvalue weighted by Gasteiger charge is -2.15. The highest BCUT2D eigenvalue weighted by atomic mass is 19.1. The van der Waals surface area contributed by atoms with Crippen LogP contribution in [0.5, 0.6) is 0 Å². The van der Waals surface area contributed by atoms with Crippen LogP contribution in [0.2, 0.25) is 0 Å². The fourth-order valence-corrected chi connectivity index (χ4v) is 1.28. The molecule has 4 heteroatoms. The van der Waals surface area contributed by atoms with E-state index < -0.39 is 0 Å².